The molecule has 0 spiro atoms. The molecule has 7 heteroatoms. The first kappa shape index (κ1) is 16.8. The normalized spacial score (nSPS) is 22.0. The first-order chi connectivity index (χ1) is 11.5. The largest absolute Gasteiger partial charge is 0.338 e. The summed E-state index contributed by atoms with van der Waals surface area (Å²) < 4.78 is 27.2. The summed E-state index contributed by atoms with van der Waals surface area (Å²) in [6.07, 6.45) is 1.25. The minimum Gasteiger partial charge on any atom is -0.338 e. The van der Waals surface area contributed by atoms with Crippen LogP contribution < -0.4 is 0 Å². The zero-order valence-corrected chi connectivity index (χ0v) is 13.7. The van der Waals surface area contributed by atoms with Crippen molar-refractivity contribution in [1.82, 2.24) is 14.7 Å². The molecule has 1 aromatic carbocycles. The highest BCUT2D eigenvalue weighted by Gasteiger charge is 2.38. The van der Waals surface area contributed by atoms with Gasteiger partial charge in [-0.25, -0.2) is 8.78 Å². The Kier molecular flexibility index (Phi) is 4.80. The van der Waals surface area contributed by atoms with Gasteiger partial charge in [-0.1, -0.05) is 0 Å². The Hall–Kier alpha value is -2.02. The quantitative estimate of drug-likeness (QED) is 0.818. The fourth-order valence-corrected chi connectivity index (χ4v) is 3.32. The molecule has 2 fully saturated rings. The van der Waals surface area contributed by atoms with Crippen molar-refractivity contribution >= 4 is 11.8 Å². The molecule has 2 amide bonds. The maximum Gasteiger partial charge on any atom is 0.257 e. The summed E-state index contributed by atoms with van der Waals surface area (Å²) in [5, 5.41) is 0. The first-order valence-electron chi connectivity index (χ1n) is 8.20. The average molecular weight is 337 g/mol. The minimum absolute atomic E-state index is 0.0919. The summed E-state index contributed by atoms with van der Waals surface area (Å²) in [4.78, 5) is 30.7. The fraction of sp³-hybridized carbons (Fsp3) is 0.529. The number of carbonyl (C=O) groups is 2. The van der Waals surface area contributed by atoms with Gasteiger partial charge >= 0.3 is 0 Å². The molecule has 0 aliphatic carbocycles. The van der Waals surface area contributed by atoms with Gasteiger partial charge in [-0.05, 0) is 38.1 Å². The van der Waals surface area contributed by atoms with Crippen LogP contribution in [0, 0.1) is 11.6 Å². The fourth-order valence-electron chi connectivity index (χ4n) is 3.32. The summed E-state index contributed by atoms with van der Waals surface area (Å²) in [6.45, 7) is 3.24. The molecule has 3 rings (SSSR count). The SMILES string of the molecule is CN1CCN(C(=O)[C@@H]2CCCN2C(=O)c2cc(F)ccc2F)CC1. The lowest BCUT2D eigenvalue weighted by Crippen LogP contribution is -2.53. The third-order valence-electron chi connectivity index (χ3n) is 4.77. The van der Waals surface area contributed by atoms with Gasteiger partial charge in [-0.2, -0.15) is 0 Å². The maximum absolute atomic E-state index is 13.9. The highest BCUT2D eigenvalue weighted by atomic mass is 19.1. The van der Waals surface area contributed by atoms with Crippen molar-refractivity contribution in [2.24, 2.45) is 0 Å². The Labute approximate surface area is 139 Å². The van der Waals surface area contributed by atoms with Crippen LogP contribution in [0.15, 0.2) is 18.2 Å². The van der Waals surface area contributed by atoms with E-state index in [1.165, 1.54) is 4.90 Å². The van der Waals surface area contributed by atoms with Crippen LogP contribution in [-0.2, 0) is 4.79 Å². The molecule has 0 saturated carbocycles. The van der Waals surface area contributed by atoms with Crippen molar-refractivity contribution < 1.29 is 18.4 Å². The Morgan fingerprint density at radius 2 is 1.79 bits per heavy atom. The van der Waals surface area contributed by atoms with Gasteiger partial charge in [0.15, 0.2) is 0 Å². The van der Waals surface area contributed by atoms with Gasteiger partial charge in [0.25, 0.3) is 5.91 Å². The van der Waals surface area contributed by atoms with Crippen LogP contribution in [0.5, 0.6) is 0 Å². The van der Waals surface area contributed by atoms with Crippen molar-refractivity contribution in [2.75, 3.05) is 39.8 Å². The first-order valence-corrected chi connectivity index (χ1v) is 8.20. The van der Waals surface area contributed by atoms with Gasteiger partial charge in [0.2, 0.25) is 5.91 Å². The highest BCUT2D eigenvalue weighted by Crippen LogP contribution is 2.24. The molecule has 1 atom stereocenters. The van der Waals surface area contributed by atoms with E-state index < -0.39 is 23.6 Å². The summed E-state index contributed by atoms with van der Waals surface area (Å²) in [5.41, 5.74) is -0.312. The van der Waals surface area contributed by atoms with Crippen LogP contribution in [0.4, 0.5) is 8.78 Å². The lowest BCUT2D eigenvalue weighted by atomic mass is 10.1. The highest BCUT2D eigenvalue weighted by molar-refractivity contribution is 5.98. The van der Waals surface area contributed by atoms with E-state index in [2.05, 4.69) is 4.90 Å². The van der Waals surface area contributed by atoms with Crippen molar-refractivity contribution in [1.29, 1.82) is 0 Å². The van der Waals surface area contributed by atoms with Gasteiger partial charge in [0.05, 0.1) is 5.56 Å². The van der Waals surface area contributed by atoms with Crippen molar-refractivity contribution in [2.45, 2.75) is 18.9 Å². The molecule has 0 N–H and O–H groups in total. The van der Waals surface area contributed by atoms with E-state index in [1.54, 1.807) is 4.90 Å². The lowest BCUT2D eigenvalue weighted by Gasteiger charge is -2.35. The van der Waals surface area contributed by atoms with Crippen molar-refractivity contribution in [3.05, 3.63) is 35.4 Å². The van der Waals surface area contributed by atoms with E-state index >= 15 is 0 Å². The predicted molar refractivity (Wildman–Crippen MR) is 84.5 cm³/mol. The number of benzene rings is 1. The van der Waals surface area contributed by atoms with Gasteiger partial charge in [0.1, 0.15) is 17.7 Å². The molecule has 130 valence electrons. The minimum atomic E-state index is -0.765. The van der Waals surface area contributed by atoms with Gasteiger partial charge in [-0.15, -0.1) is 0 Å². The summed E-state index contributed by atoms with van der Waals surface area (Å²) in [5.74, 6) is -2.14. The van der Waals surface area contributed by atoms with Crippen LogP contribution in [0.2, 0.25) is 0 Å². The smallest absolute Gasteiger partial charge is 0.257 e. The molecule has 0 unspecified atom stereocenters. The third-order valence-corrected chi connectivity index (χ3v) is 4.77. The Balaban J connectivity index is 1.76. The Morgan fingerprint density at radius 1 is 1.08 bits per heavy atom. The number of hydrogen-bond acceptors (Lipinski definition) is 3. The van der Waals surface area contributed by atoms with Crippen LogP contribution in [-0.4, -0.2) is 72.3 Å². The molecule has 0 radical (unpaired) electrons. The topological polar surface area (TPSA) is 43.9 Å². The van der Waals surface area contributed by atoms with E-state index in [1.807, 2.05) is 7.05 Å². The third kappa shape index (κ3) is 3.26. The van der Waals surface area contributed by atoms with Crippen LogP contribution in [0.1, 0.15) is 23.2 Å². The Bertz CT molecular complexity index is 645. The molecule has 0 aromatic heterocycles. The van der Waals surface area contributed by atoms with E-state index in [4.69, 9.17) is 0 Å². The van der Waals surface area contributed by atoms with E-state index in [9.17, 15) is 18.4 Å². The van der Waals surface area contributed by atoms with Crippen molar-refractivity contribution in [3.63, 3.8) is 0 Å². The number of carbonyl (C=O) groups excluding carboxylic acids is 2. The second kappa shape index (κ2) is 6.84. The molecule has 2 heterocycles. The molecule has 5 nitrogen and oxygen atoms in total. The van der Waals surface area contributed by atoms with Crippen LogP contribution >= 0.6 is 0 Å². The molecule has 2 aliphatic rings. The van der Waals surface area contributed by atoms with Crippen LogP contribution in [0.3, 0.4) is 0 Å². The monoisotopic (exact) mass is 337 g/mol. The maximum atomic E-state index is 13.9. The van der Waals surface area contributed by atoms with E-state index in [0.717, 1.165) is 31.3 Å². The van der Waals surface area contributed by atoms with E-state index in [0.29, 0.717) is 32.5 Å². The summed E-state index contributed by atoms with van der Waals surface area (Å²) in [7, 11) is 2.00. The molecule has 0 bridgehead atoms. The molecule has 2 aliphatic heterocycles. The standard InChI is InChI=1S/C17H21F2N3O2/c1-20-7-9-21(10-8-20)17(24)15-3-2-6-22(15)16(23)13-11-12(18)4-5-14(13)19/h4-5,11,15H,2-3,6-10H2,1H3/t15-/m0/s1. The number of likely N-dealkylation sites (tertiary alicyclic amines) is 1. The zero-order valence-electron chi connectivity index (χ0n) is 13.7. The predicted octanol–water partition coefficient (Wildman–Crippen LogP) is 1.34. The molecule has 24 heavy (non-hydrogen) atoms. The number of amides is 2. The lowest BCUT2D eigenvalue weighted by molar-refractivity contribution is -0.136. The zero-order chi connectivity index (χ0) is 17.3. The number of halogens is 2. The number of rotatable bonds is 2. The number of likely N-dealkylation sites (N-methyl/N-ethyl adjacent to an activating group) is 1. The average Bonchev–Trinajstić information content (AvgIpc) is 3.06. The number of nitrogens with zero attached hydrogens (tertiary/aromatic N) is 3. The molecular formula is C17H21F2N3O2. The molecule has 2 saturated heterocycles. The second-order valence-electron chi connectivity index (χ2n) is 6.41. The number of hydrogen-bond donors (Lipinski definition) is 0. The molecular weight excluding hydrogens is 316 g/mol. The Morgan fingerprint density at radius 3 is 2.50 bits per heavy atom. The second-order valence-corrected chi connectivity index (χ2v) is 6.41. The van der Waals surface area contributed by atoms with Crippen molar-refractivity contribution in [3.8, 4) is 0 Å². The number of piperazine rings is 1. The summed E-state index contributed by atoms with van der Waals surface area (Å²) in [6, 6.07) is 2.23. The van der Waals surface area contributed by atoms with E-state index in [-0.39, 0.29) is 11.5 Å². The van der Waals surface area contributed by atoms with Gasteiger partial charge in [0, 0.05) is 32.7 Å². The summed E-state index contributed by atoms with van der Waals surface area (Å²) >= 11 is 0. The van der Waals surface area contributed by atoms with Gasteiger partial charge in [-0.3, -0.25) is 9.59 Å². The van der Waals surface area contributed by atoms with Crippen LogP contribution in [0.25, 0.3) is 0 Å². The molecule has 1 aromatic rings. The van der Waals surface area contributed by atoms with Gasteiger partial charge < -0.3 is 14.7 Å².